The maximum Gasteiger partial charge on any atom is 0.235 e. The van der Waals surface area contributed by atoms with E-state index in [-0.39, 0.29) is 17.6 Å². The van der Waals surface area contributed by atoms with Crippen molar-refractivity contribution in [2.24, 2.45) is 23.3 Å². The maximum absolute atomic E-state index is 13.1. The van der Waals surface area contributed by atoms with E-state index in [1.54, 1.807) is 24.3 Å². The summed E-state index contributed by atoms with van der Waals surface area (Å²) in [5, 5.41) is 9.70. The van der Waals surface area contributed by atoms with Crippen molar-refractivity contribution in [3.8, 4) is 0 Å². The van der Waals surface area contributed by atoms with Crippen molar-refractivity contribution in [1.82, 2.24) is 4.98 Å². The number of carbonyl (C=O) groups excluding carboxylic acids is 1. The largest absolute Gasteiger partial charge is 0.438 e. The third kappa shape index (κ3) is 4.37. The van der Waals surface area contributed by atoms with Crippen LogP contribution < -0.4 is 11.5 Å². The van der Waals surface area contributed by atoms with Gasteiger partial charge in [0, 0.05) is 5.92 Å². The van der Waals surface area contributed by atoms with Crippen molar-refractivity contribution in [3.05, 3.63) is 30.2 Å². The second-order valence-electron chi connectivity index (χ2n) is 7.58. The van der Waals surface area contributed by atoms with Gasteiger partial charge in [-0.3, -0.25) is 4.79 Å². The summed E-state index contributed by atoms with van der Waals surface area (Å²) in [6, 6.07) is 5.60. The maximum atomic E-state index is 13.1. The van der Waals surface area contributed by atoms with Gasteiger partial charge >= 0.3 is 0 Å². The van der Waals surface area contributed by atoms with Gasteiger partial charge in [-0.25, -0.2) is 13.4 Å². The lowest BCUT2D eigenvalue weighted by Gasteiger charge is -2.32. The van der Waals surface area contributed by atoms with Crippen molar-refractivity contribution in [2.45, 2.75) is 50.0 Å². The molecule has 28 heavy (non-hydrogen) atoms. The standard InChI is InChI=1S/C19H27N3O5S/c1-2-5-12(16(23)19-22-13-6-3-4-7-14(13)27-19)17(15(20)18(21)24)28(25,26)10-11-8-9-11/h3-4,6-7,11-12,15-17,23H,2,5,8-10,20H2,1H3,(H2,21,24). The van der Waals surface area contributed by atoms with Crippen LogP contribution in [-0.2, 0) is 14.6 Å². The Balaban J connectivity index is 1.99. The first kappa shape index (κ1) is 20.8. The van der Waals surface area contributed by atoms with Crippen molar-refractivity contribution >= 4 is 26.8 Å². The lowest BCUT2D eigenvalue weighted by Crippen LogP contribution is -2.54. The third-order valence-corrected chi connectivity index (χ3v) is 7.68. The van der Waals surface area contributed by atoms with E-state index < -0.39 is 39.1 Å². The number of rotatable bonds is 10. The number of para-hydroxylation sites is 2. The quantitative estimate of drug-likeness (QED) is 0.535. The Morgan fingerprint density at radius 2 is 2.04 bits per heavy atom. The first-order valence-corrected chi connectivity index (χ1v) is 11.3. The van der Waals surface area contributed by atoms with Crippen LogP contribution in [0.4, 0.5) is 0 Å². The molecule has 0 bridgehead atoms. The highest BCUT2D eigenvalue weighted by Crippen LogP contribution is 2.38. The molecule has 1 aromatic heterocycles. The van der Waals surface area contributed by atoms with E-state index in [1.807, 2.05) is 6.92 Å². The van der Waals surface area contributed by atoms with Gasteiger partial charge < -0.3 is 21.0 Å². The fraction of sp³-hybridized carbons (Fsp3) is 0.579. The molecule has 0 spiro atoms. The number of nitrogens with two attached hydrogens (primary N) is 2. The predicted octanol–water partition coefficient (Wildman–Crippen LogP) is 1.28. The highest BCUT2D eigenvalue weighted by molar-refractivity contribution is 7.92. The van der Waals surface area contributed by atoms with E-state index in [4.69, 9.17) is 15.9 Å². The molecule has 154 valence electrons. The summed E-state index contributed by atoms with van der Waals surface area (Å²) in [7, 11) is -3.76. The summed E-state index contributed by atoms with van der Waals surface area (Å²) >= 11 is 0. The zero-order valence-corrected chi connectivity index (χ0v) is 16.6. The molecule has 1 fully saturated rings. The van der Waals surface area contributed by atoms with Crippen molar-refractivity contribution in [2.75, 3.05) is 5.75 Å². The summed E-state index contributed by atoms with van der Waals surface area (Å²) in [6.07, 6.45) is 1.27. The van der Waals surface area contributed by atoms with Crippen LogP contribution in [0.2, 0.25) is 0 Å². The fourth-order valence-corrected chi connectivity index (χ4v) is 6.29. The number of aliphatic hydroxyl groups is 1. The van der Waals surface area contributed by atoms with Gasteiger partial charge in [-0.1, -0.05) is 25.5 Å². The zero-order chi connectivity index (χ0) is 20.5. The molecule has 8 nitrogen and oxygen atoms in total. The number of aliphatic hydroxyl groups excluding tert-OH is 1. The van der Waals surface area contributed by atoms with E-state index in [9.17, 15) is 18.3 Å². The van der Waals surface area contributed by atoms with Crippen LogP contribution in [0.15, 0.2) is 28.7 Å². The number of fused-ring (bicyclic) bond motifs is 1. The summed E-state index contributed by atoms with van der Waals surface area (Å²) in [5.41, 5.74) is 12.4. The van der Waals surface area contributed by atoms with Gasteiger partial charge in [0.25, 0.3) is 0 Å². The van der Waals surface area contributed by atoms with E-state index in [0.717, 1.165) is 12.8 Å². The van der Waals surface area contributed by atoms with Gasteiger partial charge in [0.1, 0.15) is 17.7 Å². The van der Waals surface area contributed by atoms with E-state index in [0.29, 0.717) is 23.9 Å². The number of sulfone groups is 1. The molecular weight excluding hydrogens is 382 g/mol. The number of hydrogen-bond donors (Lipinski definition) is 3. The average Bonchev–Trinajstić information content (AvgIpc) is 3.33. The average molecular weight is 410 g/mol. The summed E-state index contributed by atoms with van der Waals surface area (Å²) in [4.78, 5) is 16.1. The van der Waals surface area contributed by atoms with Crippen LogP contribution in [0, 0.1) is 11.8 Å². The number of amides is 1. The smallest absolute Gasteiger partial charge is 0.235 e. The number of carbonyl (C=O) groups is 1. The molecule has 2 aromatic rings. The fourth-order valence-electron chi connectivity index (χ4n) is 3.68. The van der Waals surface area contributed by atoms with Gasteiger partial charge in [0.2, 0.25) is 11.8 Å². The molecule has 1 saturated carbocycles. The zero-order valence-electron chi connectivity index (χ0n) is 15.8. The SMILES string of the molecule is CCCC(C(O)c1nc2ccccc2o1)C(C(N)C(N)=O)S(=O)(=O)CC1CC1. The molecule has 1 heterocycles. The topological polar surface area (TPSA) is 150 Å². The minimum Gasteiger partial charge on any atom is -0.438 e. The number of aromatic nitrogens is 1. The molecule has 1 aliphatic rings. The van der Waals surface area contributed by atoms with Crippen LogP contribution in [0.1, 0.15) is 44.6 Å². The Hall–Kier alpha value is -1.97. The van der Waals surface area contributed by atoms with Crippen LogP contribution in [0.3, 0.4) is 0 Å². The molecule has 4 unspecified atom stereocenters. The molecule has 9 heteroatoms. The molecule has 5 N–H and O–H groups in total. The summed E-state index contributed by atoms with van der Waals surface area (Å²) < 4.78 is 31.8. The molecule has 1 aliphatic carbocycles. The number of oxazole rings is 1. The van der Waals surface area contributed by atoms with Gasteiger partial charge in [-0.2, -0.15) is 0 Å². The van der Waals surface area contributed by atoms with Gasteiger partial charge in [-0.05, 0) is 37.3 Å². The molecule has 4 atom stereocenters. The lowest BCUT2D eigenvalue weighted by atomic mass is 9.89. The Morgan fingerprint density at radius 3 is 2.61 bits per heavy atom. The highest BCUT2D eigenvalue weighted by atomic mass is 32.2. The van der Waals surface area contributed by atoms with Crippen LogP contribution in [-0.4, -0.2) is 41.5 Å². The first-order chi connectivity index (χ1) is 13.2. The molecule has 3 rings (SSSR count). The molecule has 1 amide bonds. The second kappa shape index (κ2) is 8.18. The number of benzene rings is 1. The van der Waals surface area contributed by atoms with Crippen LogP contribution in [0.5, 0.6) is 0 Å². The van der Waals surface area contributed by atoms with Crippen molar-refractivity contribution < 1.29 is 22.7 Å². The minimum atomic E-state index is -3.76. The number of primary amides is 1. The molecule has 0 aliphatic heterocycles. The van der Waals surface area contributed by atoms with E-state index in [1.165, 1.54) is 0 Å². The van der Waals surface area contributed by atoms with Gasteiger partial charge in [-0.15, -0.1) is 0 Å². The lowest BCUT2D eigenvalue weighted by molar-refractivity contribution is -0.119. The Bertz CT molecular complexity index is 905. The summed E-state index contributed by atoms with van der Waals surface area (Å²) in [5.74, 6) is -1.72. The Morgan fingerprint density at radius 1 is 1.36 bits per heavy atom. The van der Waals surface area contributed by atoms with Gasteiger partial charge in [0.05, 0.1) is 11.0 Å². The Kier molecular flexibility index (Phi) is 6.07. The molecule has 0 saturated heterocycles. The minimum absolute atomic E-state index is 0.0166. The molecule has 1 aromatic carbocycles. The van der Waals surface area contributed by atoms with Gasteiger partial charge in [0.15, 0.2) is 15.4 Å². The second-order valence-corrected chi connectivity index (χ2v) is 9.79. The normalized spacial score (nSPS) is 19.2. The molecular formula is C19H27N3O5S. The van der Waals surface area contributed by atoms with E-state index >= 15 is 0 Å². The first-order valence-electron chi connectivity index (χ1n) is 9.54. The summed E-state index contributed by atoms with van der Waals surface area (Å²) in [6.45, 7) is 1.87. The molecule has 0 radical (unpaired) electrons. The van der Waals surface area contributed by atoms with E-state index in [2.05, 4.69) is 4.98 Å². The van der Waals surface area contributed by atoms with Crippen LogP contribution >= 0.6 is 0 Å². The van der Waals surface area contributed by atoms with Crippen LogP contribution in [0.25, 0.3) is 11.1 Å². The Labute approximate surface area is 164 Å². The highest BCUT2D eigenvalue weighted by Gasteiger charge is 2.46. The van der Waals surface area contributed by atoms with Crippen molar-refractivity contribution in [1.29, 1.82) is 0 Å². The number of nitrogens with zero attached hydrogens (tertiary/aromatic N) is 1. The monoisotopic (exact) mass is 409 g/mol. The third-order valence-electron chi connectivity index (χ3n) is 5.28. The number of hydrogen-bond acceptors (Lipinski definition) is 7. The predicted molar refractivity (Wildman–Crippen MR) is 105 cm³/mol. The van der Waals surface area contributed by atoms with Crippen molar-refractivity contribution in [3.63, 3.8) is 0 Å².